The fraction of sp³-hybridized carbons (Fsp3) is 0.429. The number of rotatable bonds is 4. The molecule has 66 valence electrons. The topological polar surface area (TPSA) is 57.8 Å². The Hall–Kier alpha value is -1.39. The summed E-state index contributed by atoms with van der Waals surface area (Å²) in [4.78, 5) is 16.9. The molecule has 0 aliphatic carbocycles. The van der Waals surface area contributed by atoms with Crippen LogP contribution in [0.3, 0.4) is 0 Å². The first-order chi connectivity index (χ1) is 5.83. The van der Waals surface area contributed by atoms with Gasteiger partial charge in [0, 0.05) is 12.6 Å². The van der Waals surface area contributed by atoms with E-state index in [-0.39, 0.29) is 12.2 Å². The molecule has 0 bridgehead atoms. The summed E-state index contributed by atoms with van der Waals surface area (Å²) < 4.78 is 11.6. The van der Waals surface area contributed by atoms with E-state index in [1.54, 1.807) is 0 Å². The maximum Gasteiger partial charge on any atom is 0.252 e. The van der Waals surface area contributed by atoms with Crippen LogP contribution in [0, 0.1) is 0 Å². The summed E-state index contributed by atoms with van der Waals surface area (Å²) in [7, 11) is 0. The van der Waals surface area contributed by atoms with E-state index in [2.05, 4.69) is 15.3 Å². The Morgan fingerprint density at radius 1 is 1.67 bits per heavy atom. The number of alkyl halides is 1. The second-order valence-corrected chi connectivity index (χ2v) is 2.27. The normalized spacial score (nSPS) is 9.75. The summed E-state index contributed by atoms with van der Waals surface area (Å²) in [6.45, 7) is 0.128. The Labute approximate surface area is 68.8 Å². The molecule has 0 radical (unpaired) electrons. The van der Waals surface area contributed by atoms with Gasteiger partial charge in [-0.25, -0.2) is 4.98 Å². The second-order valence-electron chi connectivity index (χ2n) is 2.27. The van der Waals surface area contributed by atoms with Crippen molar-refractivity contribution in [3.8, 4) is 0 Å². The number of nitrogens with one attached hydrogen (secondary N) is 2. The van der Waals surface area contributed by atoms with Gasteiger partial charge in [-0.2, -0.15) is 0 Å². The number of hydrogen-bond donors (Lipinski definition) is 2. The van der Waals surface area contributed by atoms with Crippen molar-refractivity contribution in [2.75, 3.05) is 18.5 Å². The van der Waals surface area contributed by atoms with Crippen LogP contribution >= 0.6 is 0 Å². The van der Waals surface area contributed by atoms with Crippen molar-refractivity contribution < 1.29 is 4.39 Å². The minimum Gasteiger partial charge on any atom is -0.370 e. The molecule has 1 aromatic heterocycles. The third-order valence-corrected chi connectivity index (χ3v) is 1.29. The van der Waals surface area contributed by atoms with E-state index in [0.29, 0.717) is 18.8 Å². The van der Waals surface area contributed by atoms with Crippen LogP contribution in [0.5, 0.6) is 0 Å². The molecule has 0 amide bonds. The fourth-order valence-corrected chi connectivity index (χ4v) is 0.748. The van der Waals surface area contributed by atoms with E-state index in [9.17, 15) is 9.18 Å². The molecule has 0 aliphatic rings. The van der Waals surface area contributed by atoms with Gasteiger partial charge in [-0.1, -0.05) is 0 Å². The van der Waals surface area contributed by atoms with Crippen molar-refractivity contribution in [3.63, 3.8) is 0 Å². The number of halogens is 1. The van der Waals surface area contributed by atoms with Crippen molar-refractivity contribution in [2.45, 2.75) is 6.42 Å². The third kappa shape index (κ3) is 2.69. The molecule has 0 unspecified atom stereocenters. The van der Waals surface area contributed by atoms with E-state index in [1.807, 2.05) is 0 Å². The van der Waals surface area contributed by atoms with Crippen molar-refractivity contribution in [1.29, 1.82) is 0 Å². The number of nitrogens with zero attached hydrogens (tertiary/aromatic N) is 1. The van der Waals surface area contributed by atoms with Crippen LogP contribution in [0.15, 0.2) is 17.2 Å². The zero-order chi connectivity index (χ0) is 8.81. The van der Waals surface area contributed by atoms with Crippen LogP contribution in [0.1, 0.15) is 6.42 Å². The first-order valence-corrected chi connectivity index (χ1v) is 3.67. The number of aromatic nitrogens is 2. The summed E-state index contributed by atoms with van der Waals surface area (Å²) in [6.07, 6.45) is 1.73. The molecule has 1 aromatic rings. The molecule has 0 spiro atoms. The monoisotopic (exact) mass is 171 g/mol. The highest BCUT2D eigenvalue weighted by Crippen LogP contribution is 1.94. The molecule has 0 aliphatic heterocycles. The Morgan fingerprint density at radius 3 is 3.17 bits per heavy atom. The number of anilines is 1. The first kappa shape index (κ1) is 8.70. The lowest BCUT2D eigenvalue weighted by molar-refractivity contribution is 0.481. The average molecular weight is 171 g/mol. The maximum absolute atomic E-state index is 11.6. The molecule has 1 heterocycles. The van der Waals surface area contributed by atoms with Crippen LogP contribution in [0.25, 0.3) is 0 Å². The van der Waals surface area contributed by atoms with Crippen molar-refractivity contribution in [2.24, 2.45) is 0 Å². The highest BCUT2D eigenvalue weighted by molar-refractivity contribution is 5.31. The smallest absolute Gasteiger partial charge is 0.252 e. The minimum absolute atomic E-state index is 0.215. The van der Waals surface area contributed by atoms with Gasteiger partial charge in [-0.05, 0) is 6.42 Å². The molecule has 0 fully saturated rings. The third-order valence-electron chi connectivity index (χ3n) is 1.29. The van der Waals surface area contributed by atoms with E-state index in [4.69, 9.17) is 0 Å². The fourth-order valence-electron chi connectivity index (χ4n) is 0.748. The van der Waals surface area contributed by atoms with Gasteiger partial charge in [0.25, 0.3) is 5.56 Å². The average Bonchev–Trinajstić information content (AvgIpc) is 2.05. The van der Waals surface area contributed by atoms with Crippen LogP contribution in [0.2, 0.25) is 0 Å². The van der Waals surface area contributed by atoms with Gasteiger partial charge < -0.3 is 10.3 Å². The summed E-state index contributed by atoms with van der Waals surface area (Å²) in [5.41, 5.74) is -0.215. The van der Waals surface area contributed by atoms with Crippen molar-refractivity contribution >= 4 is 5.82 Å². The van der Waals surface area contributed by atoms with E-state index in [1.165, 1.54) is 12.4 Å². The molecule has 1 rings (SSSR count). The van der Waals surface area contributed by atoms with Gasteiger partial charge >= 0.3 is 0 Å². The van der Waals surface area contributed by atoms with Gasteiger partial charge in [0.15, 0.2) is 0 Å². The lowest BCUT2D eigenvalue weighted by atomic mass is 10.4. The Morgan fingerprint density at radius 2 is 2.50 bits per heavy atom. The minimum atomic E-state index is -0.365. The zero-order valence-electron chi connectivity index (χ0n) is 6.51. The molecule has 0 atom stereocenters. The van der Waals surface area contributed by atoms with Gasteiger partial charge in [0.05, 0.1) is 13.0 Å². The van der Waals surface area contributed by atoms with Crippen LogP contribution < -0.4 is 10.9 Å². The quantitative estimate of drug-likeness (QED) is 0.650. The molecule has 5 heteroatoms. The standard InChI is InChI=1S/C7H10FN3O/c8-2-1-3-9-6-4-7(12)11-5-10-6/h4-5H,1-3H2,(H2,9,10,11,12). The summed E-state index contributed by atoms with van der Waals surface area (Å²) in [6, 6.07) is 1.33. The van der Waals surface area contributed by atoms with Crippen LogP contribution in [-0.2, 0) is 0 Å². The van der Waals surface area contributed by atoms with Crippen molar-refractivity contribution in [3.05, 3.63) is 22.7 Å². The Kier molecular flexibility index (Phi) is 3.25. The molecular formula is C7H10FN3O. The molecule has 0 saturated heterocycles. The van der Waals surface area contributed by atoms with E-state index in [0.717, 1.165) is 0 Å². The second kappa shape index (κ2) is 4.48. The number of hydrogen-bond acceptors (Lipinski definition) is 3. The zero-order valence-corrected chi connectivity index (χ0v) is 6.51. The Bertz CT molecular complexity index is 286. The molecule has 0 saturated carbocycles. The molecule has 2 N–H and O–H groups in total. The first-order valence-electron chi connectivity index (χ1n) is 3.67. The summed E-state index contributed by atoms with van der Waals surface area (Å²) in [5, 5.41) is 2.82. The summed E-state index contributed by atoms with van der Waals surface area (Å²) in [5.74, 6) is 0.479. The maximum atomic E-state index is 11.6. The molecule has 4 nitrogen and oxygen atoms in total. The van der Waals surface area contributed by atoms with Crippen LogP contribution in [0.4, 0.5) is 10.2 Å². The van der Waals surface area contributed by atoms with E-state index >= 15 is 0 Å². The molecular weight excluding hydrogens is 161 g/mol. The van der Waals surface area contributed by atoms with Gasteiger partial charge in [0.2, 0.25) is 0 Å². The number of H-pyrrole nitrogens is 1. The van der Waals surface area contributed by atoms with E-state index < -0.39 is 0 Å². The van der Waals surface area contributed by atoms with Crippen LogP contribution in [-0.4, -0.2) is 23.2 Å². The molecule has 0 aromatic carbocycles. The van der Waals surface area contributed by atoms with Crippen molar-refractivity contribution in [1.82, 2.24) is 9.97 Å². The largest absolute Gasteiger partial charge is 0.370 e. The predicted molar refractivity (Wildman–Crippen MR) is 43.9 cm³/mol. The molecule has 12 heavy (non-hydrogen) atoms. The van der Waals surface area contributed by atoms with Gasteiger partial charge in [-0.3, -0.25) is 9.18 Å². The SMILES string of the molecule is O=c1cc(NCCCF)nc[nH]1. The van der Waals surface area contributed by atoms with Gasteiger partial charge in [0.1, 0.15) is 5.82 Å². The summed E-state index contributed by atoms with van der Waals surface area (Å²) >= 11 is 0. The highest BCUT2D eigenvalue weighted by atomic mass is 19.1. The highest BCUT2D eigenvalue weighted by Gasteiger charge is 1.92. The Balaban J connectivity index is 2.47. The lowest BCUT2D eigenvalue weighted by Crippen LogP contribution is -2.10. The van der Waals surface area contributed by atoms with Gasteiger partial charge in [-0.15, -0.1) is 0 Å². The predicted octanol–water partition coefficient (Wildman–Crippen LogP) is 0.541. The number of aromatic amines is 1. The lowest BCUT2D eigenvalue weighted by Gasteiger charge is -2.00.